The summed E-state index contributed by atoms with van der Waals surface area (Å²) in [6, 6.07) is 15.8. The van der Waals surface area contributed by atoms with E-state index in [1.54, 1.807) is 0 Å². The number of hydrogen-bond donors (Lipinski definition) is 1. The van der Waals surface area contributed by atoms with Gasteiger partial charge in [-0.2, -0.15) is 0 Å². The molecule has 0 spiro atoms. The van der Waals surface area contributed by atoms with Gasteiger partial charge in [-0.15, -0.1) is 0 Å². The van der Waals surface area contributed by atoms with E-state index >= 15 is 0 Å². The quantitative estimate of drug-likeness (QED) is 0.848. The zero-order valence-electron chi connectivity index (χ0n) is 12.9. The molecular weight excluding hydrogens is 286 g/mol. The average molecular weight is 305 g/mol. The van der Waals surface area contributed by atoms with E-state index in [0.717, 1.165) is 35.4 Å². The van der Waals surface area contributed by atoms with E-state index in [1.807, 2.05) is 54.6 Å². The molecule has 1 aliphatic heterocycles. The SMILES string of the molecule is O=C1Nc2ccccc2/C1=C\c1cccc(OC2CCCC2)c1. The molecule has 0 bridgehead atoms. The molecule has 1 amide bonds. The molecule has 2 aromatic rings. The summed E-state index contributed by atoms with van der Waals surface area (Å²) in [5, 5.41) is 2.90. The first-order chi connectivity index (χ1) is 11.3. The van der Waals surface area contributed by atoms with Crippen molar-refractivity contribution in [3.05, 3.63) is 59.7 Å². The fraction of sp³-hybridized carbons (Fsp3) is 0.250. The molecule has 1 aliphatic carbocycles. The predicted molar refractivity (Wildman–Crippen MR) is 92.3 cm³/mol. The molecule has 1 fully saturated rings. The molecule has 0 saturated heterocycles. The van der Waals surface area contributed by atoms with E-state index in [-0.39, 0.29) is 5.91 Å². The van der Waals surface area contributed by atoms with Crippen LogP contribution in [0.15, 0.2) is 48.5 Å². The minimum atomic E-state index is -0.0479. The van der Waals surface area contributed by atoms with Crippen LogP contribution >= 0.6 is 0 Å². The number of carbonyl (C=O) groups is 1. The van der Waals surface area contributed by atoms with Gasteiger partial charge in [-0.25, -0.2) is 0 Å². The Hall–Kier alpha value is -2.55. The van der Waals surface area contributed by atoms with Crippen molar-refractivity contribution in [2.24, 2.45) is 0 Å². The maximum Gasteiger partial charge on any atom is 0.256 e. The van der Waals surface area contributed by atoms with Crippen LogP contribution in [-0.2, 0) is 4.79 Å². The van der Waals surface area contributed by atoms with Crippen LogP contribution in [0.5, 0.6) is 5.75 Å². The Bertz CT molecular complexity index is 773. The van der Waals surface area contributed by atoms with Crippen LogP contribution in [0.3, 0.4) is 0 Å². The first-order valence-corrected chi connectivity index (χ1v) is 8.19. The Kier molecular flexibility index (Phi) is 3.62. The highest BCUT2D eigenvalue weighted by Crippen LogP contribution is 2.33. The van der Waals surface area contributed by atoms with Gasteiger partial charge < -0.3 is 10.1 Å². The molecule has 1 heterocycles. The monoisotopic (exact) mass is 305 g/mol. The van der Waals surface area contributed by atoms with Crippen molar-refractivity contribution in [1.82, 2.24) is 0 Å². The minimum Gasteiger partial charge on any atom is -0.490 e. The third-order valence-electron chi connectivity index (χ3n) is 4.48. The number of amides is 1. The third kappa shape index (κ3) is 2.87. The summed E-state index contributed by atoms with van der Waals surface area (Å²) in [6.07, 6.45) is 7.06. The minimum absolute atomic E-state index is 0.0479. The lowest BCUT2D eigenvalue weighted by atomic mass is 10.0. The highest BCUT2D eigenvalue weighted by atomic mass is 16.5. The summed E-state index contributed by atoms with van der Waals surface area (Å²) in [6.45, 7) is 0. The largest absolute Gasteiger partial charge is 0.490 e. The number of ether oxygens (including phenoxy) is 1. The molecule has 1 saturated carbocycles. The smallest absolute Gasteiger partial charge is 0.256 e. The van der Waals surface area contributed by atoms with Crippen molar-refractivity contribution in [2.45, 2.75) is 31.8 Å². The highest BCUT2D eigenvalue weighted by molar-refractivity contribution is 6.34. The van der Waals surface area contributed by atoms with Crippen molar-refractivity contribution in [2.75, 3.05) is 5.32 Å². The normalized spacial score (nSPS) is 19.0. The molecule has 2 aliphatic rings. The Labute approximate surface area is 136 Å². The van der Waals surface area contributed by atoms with Crippen molar-refractivity contribution in [1.29, 1.82) is 0 Å². The van der Waals surface area contributed by atoms with Crippen molar-refractivity contribution >= 4 is 23.2 Å². The van der Waals surface area contributed by atoms with E-state index in [4.69, 9.17) is 4.74 Å². The van der Waals surface area contributed by atoms with Gasteiger partial charge in [-0.3, -0.25) is 4.79 Å². The summed E-state index contributed by atoms with van der Waals surface area (Å²) in [4.78, 5) is 12.2. The maximum absolute atomic E-state index is 12.2. The third-order valence-corrected chi connectivity index (χ3v) is 4.48. The van der Waals surface area contributed by atoms with Crippen LogP contribution in [0.2, 0.25) is 0 Å². The number of rotatable bonds is 3. The zero-order chi connectivity index (χ0) is 15.6. The molecule has 116 valence electrons. The molecule has 0 radical (unpaired) electrons. The van der Waals surface area contributed by atoms with Crippen LogP contribution < -0.4 is 10.1 Å². The molecule has 0 unspecified atom stereocenters. The van der Waals surface area contributed by atoms with Gasteiger partial charge >= 0.3 is 0 Å². The van der Waals surface area contributed by atoms with E-state index < -0.39 is 0 Å². The topological polar surface area (TPSA) is 38.3 Å². The second-order valence-electron chi connectivity index (χ2n) is 6.15. The molecular formula is C20H19NO2. The number of hydrogen-bond acceptors (Lipinski definition) is 2. The maximum atomic E-state index is 12.2. The van der Waals surface area contributed by atoms with Gasteiger partial charge in [0.1, 0.15) is 5.75 Å². The van der Waals surface area contributed by atoms with Crippen molar-refractivity contribution in [3.8, 4) is 5.75 Å². The van der Waals surface area contributed by atoms with Crippen LogP contribution in [0.1, 0.15) is 36.8 Å². The number of anilines is 1. The molecule has 3 nitrogen and oxygen atoms in total. The summed E-state index contributed by atoms with van der Waals surface area (Å²) >= 11 is 0. The van der Waals surface area contributed by atoms with Crippen LogP contribution in [0, 0.1) is 0 Å². The summed E-state index contributed by atoms with van der Waals surface area (Å²) in [5.74, 6) is 0.839. The number of para-hydroxylation sites is 1. The van der Waals surface area contributed by atoms with Gasteiger partial charge in [0.2, 0.25) is 0 Å². The van der Waals surface area contributed by atoms with Crippen LogP contribution in [0.4, 0.5) is 5.69 Å². The van der Waals surface area contributed by atoms with E-state index in [1.165, 1.54) is 12.8 Å². The first-order valence-electron chi connectivity index (χ1n) is 8.19. The number of benzene rings is 2. The number of fused-ring (bicyclic) bond motifs is 1. The second-order valence-corrected chi connectivity index (χ2v) is 6.15. The van der Waals surface area contributed by atoms with E-state index in [9.17, 15) is 4.79 Å². The van der Waals surface area contributed by atoms with Crippen LogP contribution in [-0.4, -0.2) is 12.0 Å². The molecule has 3 heteroatoms. The van der Waals surface area contributed by atoms with Gasteiger partial charge in [-0.05, 0) is 55.5 Å². The molecule has 2 aromatic carbocycles. The van der Waals surface area contributed by atoms with Gasteiger partial charge in [0.15, 0.2) is 0 Å². The second kappa shape index (κ2) is 5.92. The summed E-state index contributed by atoms with van der Waals surface area (Å²) < 4.78 is 6.05. The molecule has 0 aromatic heterocycles. The van der Waals surface area contributed by atoms with Gasteiger partial charge in [-0.1, -0.05) is 30.3 Å². The van der Waals surface area contributed by atoms with Gasteiger partial charge in [0.25, 0.3) is 5.91 Å². The fourth-order valence-corrected chi connectivity index (χ4v) is 3.33. The summed E-state index contributed by atoms with van der Waals surface area (Å²) in [5.41, 5.74) is 3.53. The Balaban J connectivity index is 1.62. The Morgan fingerprint density at radius 1 is 1.04 bits per heavy atom. The van der Waals surface area contributed by atoms with Crippen LogP contribution in [0.25, 0.3) is 11.6 Å². The average Bonchev–Trinajstić information content (AvgIpc) is 3.17. The Morgan fingerprint density at radius 2 is 1.87 bits per heavy atom. The molecule has 1 N–H and O–H groups in total. The fourth-order valence-electron chi connectivity index (χ4n) is 3.33. The van der Waals surface area contributed by atoms with Crippen molar-refractivity contribution < 1.29 is 9.53 Å². The lowest BCUT2D eigenvalue weighted by Crippen LogP contribution is -2.10. The first kappa shape index (κ1) is 14.1. The van der Waals surface area contributed by atoms with Gasteiger partial charge in [0.05, 0.1) is 6.10 Å². The standard InChI is InChI=1S/C20H19NO2/c22-20-18(17-10-3-4-11-19(17)21-20)13-14-6-5-9-16(12-14)23-15-7-1-2-8-15/h3-6,9-13,15H,1-2,7-8H2,(H,21,22)/b18-13+. The zero-order valence-corrected chi connectivity index (χ0v) is 12.9. The predicted octanol–water partition coefficient (Wildman–Crippen LogP) is 4.50. The molecule has 0 atom stereocenters. The van der Waals surface area contributed by atoms with Gasteiger partial charge in [0, 0.05) is 16.8 Å². The van der Waals surface area contributed by atoms with E-state index in [2.05, 4.69) is 5.32 Å². The molecule has 4 rings (SSSR count). The Morgan fingerprint density at radius 3 is 2.74 bits per heavy atom. The lowest BCUT2D eigenvalue weighted by molar-refractivity contribution is -0.110. The number of carbonyl (C=O) groups excluding carboxylic acids is 1. The van der Waals surface area contributed by atoms with Crippen molar-refractivity contribution in [3.63, 3.8) is 0 Å². The molecule has 23 heavy (non-hydrogen) atoms. The highest BCUT2D eigenvalue weighted by Gasteiger charge is 2.23. The number of nitrogens with one attached hydrogen (secondary N) is 1. The lowest BCUT2D eigenvalue weighted by Gasteiger charge is -2.13. The summed E-state index contributed by atoms with van der Waals surface area (Å²) in [7, 11) is 0. The van der Waals surface area contributed by atoms with E-state index in [0.29, 0.717) is 11.7 Å².